The molecule has 0 heterocycles. The molecule has 0 aliphatic carbocycles. The Morgan fingerprint density at radius 1 is 1.62 bits per heavy atom. The molecule has 1 rings (SSSR count). The number of rotatable bonds is 5. The number of halogens is 1. The fraction of sp³-hybridized carbons (Fsp3) is 0.364. The Balaban J connectivity index is 2.67. The maximum Gasteiger partial charge on any atom is 0.305 e. The molecule has 0 radical (unpaired) electrons. The number of benzene rings is 1. The summed E-state index contributed by atoms with van der Waals surface area (Å²) in [6.45, 7) is 1.72. The van der Waals surface area contributed by atoms with Gasteiger partial charge < -0.3 is 15.2 Å². The first-order valence-electron chi connectivity index (χ1n) is 4.84. The minimum Gasteiger partial charge on any atom is -0.494 e. The lowest BCUT2D eigenvalue weighted by Crippen LogP contribution is -2.19. The van der Waals surface area contributed by atoms with E-state index in [0.717, 1.165) is 0 Å². The van der Waals surface area contributed by atoms with E-state index in [2.05, 4.69) is 5.32 Å². The van der Waals surface area contributed by atoms with Crippen molar-refractivity contribution in [2.24, 2.45) is 0 Å². The van der Waals surface area contributed by atoms with Gasteiger partial charge in [-0.15, -0.1) is 0 Å². The summed E-state index contributed by atoms with van der Waals surface area (Å²) in [6, 6.07) is 4.15. The average molecular weight is 227 g/mol. The summed E-state index contributed by atoms with van der Waals surface area (Å²) >= 11 is 0. The SMILES string of the molecule is COc1ccc(NC(C)CC(=O)O)cc1F. The van der Waals surface area contributed by atoms with E-state index in [0.29, 0.717) is 5.69 Å². The lowest BCUT2D eigenvalue weighted by Gasteiger charge is -2.13. The molecular formula is C11H14FNO3. The van der Waals surface area contributed by atoms with Crippen LogP contribution in [0.15, 0.2) is 18.2 Å². The molecular weight excluding hydrogens is 213 g/mol. The third-order valence-corrected chi connectivity index (χ3v) is 2.05. The summed E-state index contributed by atoms with van der Waals surface area (Å²) < 4.78 is 18.1. The molecule has 0 amide bonds. The van der Waals surface area contributed by atoms with Gasteiger partial charge >= 0.3 is 5.97 Å². The molecule has 0 bridgehead atoms. The van der Waals surface area contributed by atoms with Crippen molar-refractivity contribution in [1.82, 2.24) is 0 Å². The molecule has 16 heavy (non-hydrogen) atoms. The van der Waals surface area contributed by atoms with E-state index < -0.39 is 11.8 Å². The van der Waals surface area contributed by atoms with E-state index in [9.17, 15) is 9.18 Å². The summed E-state index contributed by atoms with van der Waals surface area (Å²) in [5.74, 6) is -1.21. The van der Waals surface area contributed by atoms with Crippen LogP contribution in [0.2, 0.25) is 0 Å². The number of hydrogen-bond donors (Lipinski definition) is 2. The van der Waals surface area contributed by atoms with E-state index >= 15 is 0 Å². The molecule has 5 heteroatoms. The topological polar surface area (TPSA) is 58.6 Å². The number of methoxy groups -OCH3 is 1. The van der Waals surface area contributed by atoms with Crippen LogP contribution in [0, 0.1) is 5.82 Å². The molecule has 1 aromatic carbocycles. The zero-order valence-corrected chi connectivity index (χ0v) is 9.16. The van der Waals surface area contributed by atoms with Crippen LogP contribution in [-0.4, -0.2) is 24.2 Å². The molecule has 1 unspecified atom stereocenters. The normalized spacial score (nSPS) is 11.9. The highest BCUT2D eigenvalue weighted by atomic mass is 19.1. The highest BCUT2D eigenvalue weighted by Gasteiger charge is 2.09. The van der Waals surface area contributed by atoms with E-state index in [1.165, 1.54) is 19.2 Å². The van der Waals surface area contributed by atoms with E-state index in [4.69, 9.17) is 9.84 Å². The minimum absolute atomic E-state index is 0.0202. The van der Waals surface area contributed by atoms with Gasteiger partial charge in [0, 0.05) is 17.8 Å². The van der Waals surface area contributed by atoms with E-state index in [1.807, 2.05) is 0 Å². The predicted molar refractivity (Wildman–Crippen MR) is 58.3 cm³/mol. The lowest BCUT2D eigenvalue weighted by atomic mass is 10.2. The van der Waals surface area contributed by atoms with Gasteiger partial charge in [-0.25, -0.2) is 4.39 Å². The number of nitrogens with one attached hydrogen (secondary N) is 1. The third kappa shape index (κ3) is 3.42. The van der Waals surface area contributed by atoms with Crippen LogP contribution in [0.1, 0.15) is 13.3 Å². The average Bonchev–Trinajstić information content (AvgIpc) is 2.16. The minimum atomic E-state index is -0.894. The fourth-order valence-electron chi connectivity index (χ4n) is 1.35. The van der Waals surface area contributed by atoms with Crippen LogP contribution in [0.5, 0.6) is 5.75 Å². The third-order valence-electron chi connectivity index (χ3n) is 2.05. The Labute approximate surface area is 93.0 Å². The molecule has 1 atom stereocenters. The van der Waals surface area contributed by atoms with Gasteiger partial charge in [0.2, 0.25) is 0 Å². The molecule has 0 aliphatic heterocycles. The van der Waals surface area contributed by atoms with Crippen LogP contribution < -0.4 is 10.1 Å². The zero-order chi connectivity index (χ0) is 12.1. The van der Waals surface area contributed by atoms with E-state index in [1.54, 1.807) is 13.0 Å². The molecule has 4 nitrogen and oxygen atoms in total. The molecule has 0 spiro atoms. The quantitative estimate of drug-likeness (QED) is 0.808. The van der Waals surface area contributed by atoms with Crippen LogP contribution in [-0.2, 0) is 4.79 Å². The number of carbonyl (C=O) groups is 1. The Hall–Kier alpha value is -1.78. The summed E-state index contributed by atoms with van der Waals surface area (Å²) in [5, 5.41) is 11.5. The summed E-state index contributed by atoms with van der Waals surface area (Å²) in [7, 11) is 1.39. The van der Waals surface area contributed by atoms with Crippen molar-refractivity contribution in [3.8, 4) is 5.75 Å². The van der Waals surface area contributed by atoms with Gasteiger partial charge in [0.25, 0.3) is 0 Å². The molecule has 1 aromatic rings. The molecule has 0 aliphatic rings. The largest absolute Gasteiger partial charge is 0.494 e. The number of carboxylic acids is 1. The molecule has 0 aromatic heterocycles. The van der Waals surface area contributed by atoms with Crippen molar-refractivity contribution in [1.29, 1.82) is 0 Å². The first kappa shape index (κ1) is 12.3. The van der Waals surface area contributed by atoms with Gasteiger partial charge in [0.05, 0.1) is 13.5 Å². The maximum absolute atomic E-state index is 13.3. The second kappa shape index (κ2) is 5.34. The number of ether oxygens (including phenoxy) is 1. The van der Waals surface area contributed by atoms with Gasteiger partial charge in [-0.2, -0.15) is 0 Å². The molecule has 0 saturated heterocycles. The molecule has 2 N–H and O–H groups in total. The Morgan fingerprint density at radius 3 is 2.81 bits per heavy atom. The lowest BCUT2D eigenvalue weighted by molar-refractivity contribution is -0.137. The first-order chi connectivity index (χ1) is 7.52. The number of anilines is 1. The summed E-state index contributed by atoms with van der Waals surface area (Å²) in [5.41, 5.74) is 0.534. The van der Waals surface area contributed by atoms with Crippen LogP contribution in [0.25, 0.3) is 0 Å². The Morgan fingerprint density at radius 2 is 2.31 bits per heavy atom. The Kier molecular flexibility index (Phi) is 4.10. The van der Waals surface area contributed by atoms with Crippen molar-refractivity contribution in [3.63, 3.8) is 0 Å². The van der Waals surface area contributed by atoms with E-state index in [-0.39, 0.29) is 18.2 Å². The standard InChI is InChI=1S/C11H14FNO3/c1-7(5-11(14)15)13-8-3-4-10(16-2)9(12)6-8/h3-4,6-7,13H,5H2,1-2H3,(H,14,15). The van der Waals surface area contributed by atoms with Gasteiger partial charge in [0.15, 0.2) is 11.6 Å². The number of aliphatic carboxylic acids is 1. The zero-order valence-electron chi connectivity index (χ0n) is 9.16. The monoisotopic (exact) mass is 227 g/mol. The van der Waals surface area contributed by atoms with Crippen molar-refractivity contribution < 1.29 is 19.0 Å². The second-order valence-corrected chi connectivity index (χ2v) is 3.49. The molecule has 88 valence electrons. The Bertz CT molecular complexity index is 381. The van der Waals surface area contributed by atoms with Gasteiger partial charge in [-0.05, 0) is 19.1 Å². The highest BCUT2D eigenvalue weighted by molar-refractivity contribution is 5.68. The van der Waals surface area contributed by atoms with Crippen LogP contribution in [0.4, 0.5) is 10.1 Å². The predicted octanol–water partition coefficient (Wildman–Crippen LogP) is 2.11. The van der Waals surface area contributed by atoms with Crippen LogP contribution in [0.3, 0.4) is 0 Å². The summed E-state index contributed by atoms with van der Waals surface area (Å²) in [4.78, 5) is 10.4. The fourth-order valence-corrected chi connectivity index (χ4v) is 1.35. The second-order valence-electron chi connectivity index (χ2n) is 3.49. The van der Waals surface area contributed by atoms with Gasteiger partial charge in [0.1, 0.15) is 0 Å². The van der Waals surface area contributed by atoms with Crippen molar-refractivity contribution in [3.05, 3.63) is 24.0 Å². The molecule has 0 saturated carbocycles. The summed E-state index contributed by atoms with van der Waals surface area (Å²) in [6.07, 6.45) is -0.0202. The van der Waals surface area contributed by atoms with Gasteiger partial charge in [-0.1, -0.05) is 0 Å². The number of hydrogen-bond acceptors (Lipinski definition) is 3. The number of carboxylic acid groups (broad SMARTS) is 1. The van der Waals surface area contributed by atoms with Crippen LogP contribution >= 0.6 is 0 Å². The van der Waals surface area contributed by atoms with Crippen molar-refractivity contribution >= 4 is 11.7 Å². The maximum atomic E-state index is 13.3. The highest BCUT2D eigenvalue weighted by Crippen LogP contribution is 2.21. The van der Waals surface area contributed by atoms with Gasteiger partial charge in [-0.3, -0.25) is 4.79 Å². The molecule has 0 fully saturated rings. The van der Waals surface area contributed by atoms with Crippen molar-refractivity contribution in [2.45, 2.75) is 19.4 Å². The van der Waals surface area contributed by atoms with Crippen molar-refractivity contribution in [2.75, 3.05) is 12.4 Å². The smallest absolute Gasteiger partial charge is 0.305 e. The first-order valence-corrected chi connectivity index (χ1v) is 4.84.